The van der Waals surface area contributed by atoms with Crippen LogP contribution in [0.25, 0.3) is 0 Å². The number of amides is 1. The summed E-state index contributed by atoms with van der Waals surface area (Å²) in [7, 11) is 0. The van der Waals surface area contributed by atoms with Gasteiger partial charge in [0.15, 0.2) is 0 Å². The van der Waals surface area contributed by atoms with Crippen LogP contribution in [0, 0.1) is 5.92 Å². The molecule has 0 radical (unpaired) electrons. The van der Waals surface area contributed by atoms with Crippen LogP contribution in [0.4, 0.5) is 4.79 Å². The third-order valence-corrected chi connectivity index (χ3v) is 3.59. The van der Waals surface area contributed by atoms with E-state index in [0.717, 1.165) is 31.2 Å². The first-order valence-electron chi connectivity index (χ1n) is 6.88. The van der Waals surface area contributed by atoms with Crippen molar-refractivity contribution in [3.05, 3.63) is 35.9 Å². The van der Waals surface area contributed by atoms with Gasteiger partial charge >= 0.3 is 6.09 Å². The molecule has 1 aromatic rings. The van der Waals surface area contributed by atoms with Crippen molar-refractivity contribution in [2.75, 3.05) is 6.54 Å². The fourth-order valence-corrected chi connectivity index (χ4v) is 2.41. The van der Waals surface area contributed by atoms with Crippen molar-refractivity contribution in [3.63, 3.8) is 0 Å². The molecule has 0 bridgehead atoms. The lowest BCUT2D eigenvalue weighted by Gasteiger charge is -2.27. The fourth-order valence-electron chi connectivity index (χ4n) is 2.41. The van der Waals surface area contributed by atoms with E-state index in [0.29, 0.717) is 6.54 Å². The van der Waals surface area contributed by atoms with Crippen LogP contribution < -0.4 is 5.32 Å². The largest absolute Gasteiger partial charge is 0.445 e. The summed E-state index contributed by atoms with van der Waals surface area (Å²) in [5.41, 5.74) is 0.968. The number of benzene rings is 1. The Kier molecular flexibility index (Phi) is 5.21. The molecule has 1 aliphatic carbocycles. The van der Waals surface area contributed by atoms with Crippen molar-refractivity contribution in [1.82, 2.24) is 5.32 Å². The molecule has 1 aliphatic rings. The maximum Gasteiger partial charge on any atom is 0.407 e. The summed E-state index contributed by atoms with van der Waals surface area (Å²) < 4.78 is 5.12. The molecule has 0 aliphatic heterocycles. The number of rotatable bonds is 4. The minimum atomic E-state index is -0.415. The van der Waals surface area contributed by atoms with Crippen LogP contribution in [0.5, 0.6) is 0 Å². The highest BCUT2D eigenvalue weighted by Crippen LogP contribution is 2.23. The van der Waals surface area contributed by atoms with E-state index in [1.165, 1.54) is 0 Å². The second-order valence-electron chi connectivity index (χ2n) is 5.05. The fraction of sp³-hybridized carbons (Fsp3) is 0.533. The zero-order valence-corrected chi connectivity index (χ0v) is 11.0. The first-order valence-corrected chi connectivity index (χ1v) is 6.88. The Morgan fingerprint density at radius 2 is 2.00 bits per heavy atom. The molecule has 104 valence electrons. The van der Waals surface area contributed by atoms with Gasteiger partial charge in [-0.2, -0.15) is 0 Å². The first kappa shape index (κ1) is 13.9. The molecular formula is C15H21NO3. The number of alkyl carbamates (subject to hydrolysis) is 1. The predicted molar refractivity (Wildman–Crippen MR) is 72.6 cm³/mol. The highest BCUT2D eigenvalue weighted by molar-refractivity contribution is 5.67. The molecular weight excluding hydrogens is 242 g/mol. The molecule has 1 saturated carbocycles. The Labute approximate surface area is 113 Å². The molecule has 2 N–H and O–H groups in total. The zero-order chi connectivity index (χ0) is 13.5. The quantitative estimate of drug-likeness (QED) is 0.877. The van der Waals surface area contributed by atoms with Gasteiger partial charge in [0, 0.05) is 12.5 Å². The van der Waals surface area contributed by atoms with Gasteiger partial charge in [0.2, 0.25) is 0 Å². The molecule has 0 spiro atoms. The van der Waals surface area contributed by atoms with Gasteiger partial charge in [-0.15, -0.1) is 0 Å². The lowest BCUT2D eigenvalue weighted by molar-refractivity contribution is 0.0673. The van der Waals surface area contributed by atoms with Gasteiger partial charge in [-0.05, 0) is 18.4 Å². The van der Waals surface area contributed by atoms with E-state index in [1.54, 1.807) is 0 Å². The normalized spacial score (nSPS) is 22.8. The van der Waals surface area contributed by atoms with E-state index in [-0.39, 0.29) is 18.6 Å². The minimum absolute atomic E-state index is 0.165. The number of aliphatic hydroxyl groups excluding tert-OH is 1. The lowest BCUT2D eigenvalue weighted by atomic mass is 9.86. The molecule has 1 amide bonds. The molecule has 1 aromatic carbocycles. The van der Waals surface area contributed by atoms with Gasteiger partial charge in [-0.1, -0.05) is 43.2 Å². The van der Waals surface area contributed by atoms with E-state index in [2.05, 4.69) is 5.32 Å². The van der Waals surface area contributed by atoms with E-state index < -0.39 is 6.09 Å². The van der Waals surface area contributed by atoms with Crippen molar-refractivity contribution in [2.45, 2.75) is 38.4 Å². The summed E-state index contributed by atoms with van der Waals surface area (Å²) >= 11 is 0. The van der Waals surface area contributed by atoms with Gasteiger partial charge in [0.1, 0.15) is 6.61 Å². The van der Waals surface area contributed by atoms with Gasteiger partial charge in [-0.3, -0.25) is 0 Å². The summed E-state index contributed by atoms with van der Waals surface area (Å²) in [6.07, 6.45) is 3.31. The monoisotopic (exact) mass is 263 g/mol. The van der Waals surface area contributed by atoms with Crippen molar-refractivity contribution >= 4 is 6.09 Å². The number of aliphatic hydroxyl groups is 1. The van der Waals surface area contributed by atoms with Crippen molar-refractivity contribution in [2.24, 2.45) is 5.92 Å². The Morgan fingerprint density at radius 3 is 2.74 bits per heavy atom. The number of hydrogen-bond donors (Lipinski definition) is 2. The van der Waals surface area contributed by atoms with Crippen LogP contribution in [0.3, 0.4) is 0 Å². The number of hydrogen-bond acceptors (Lipinski definition) is 3. The molecule has 2 atom stereocenters. The van der Waals surface area contributed by atoms with Gasteiger partial charge < -0.3 is 15.2 Å². The number of carbonyl (C=O) groups excluding carboxylic acids is 1. The summed E-state index contributed by atoms with van der Waals surface area (Å²) in [4.78, 5) is 11.6. The number of ether oxygens (including phenoxy) is 1. The van der Waals surface area contributed by atoms with Crippen LogP contribution in [0.1, 0.15) is 31.2 Å². The Bertz CT molecular complexity index is 394. The second-order valence-corrected chi connectivity index (χ2v) is 5.05. The van der Waals surface area contributed by atoms with Gasteiger partial charge in [0.25, 0.3) is 0 Å². The van der Waals surface area contributed by atoms with E-state index >= 15 is 0 Å². The average molecular weight is 263 g/mol. The van der Waals surface area contributed by atoms with Crippen molar-refractivity contribution in [1.29, 1.82) is 0 Å². The van der Waals surface area contributed by atoms with Crippen molar-refractivity contribution < 1.29 is 14.6 Å². The molecule has 4 nitrogen and oxygen atoms in total. The molecule has 0 saturated heterocycles. The number of carbonyl (C=O) groups is 1. The molecule has 2 rings (SSSR count). The summed E-state index contributed by atoms with van der Waals surface area (Å²) in [5.74, 6) is 0.165. The number of nitrogens with one attached hydrogen (secondary N) is 1. The minimum Gasteiger partial charge on any atom is -0.445 e. The van der Waals surface area contributed by atoms with Crippen LogP contribution in [-0.2, 0) is 11.3 Å². The van der Waals surface area contributed by atoms with Gasteiger partial charge in [0.05, 0.1) is 6.10 Å². The van der Waals surface area contributed by atoms with Crippen LogP contribution >= 0.6 is 0 Å². The smallest absolute Gasteiger partial charge is 0.407 e. The standard InChI is InChI=1S/C15H21NO3/c17-14-9-5-4-8-13(14)10-16-15(18)19-11-12-6-2-1-3-7-12/h1-3,6-7,13-14,17H,4-5,8-11H2,(H,16,18)/t13-,14-/m0/s1. The van der Waals surface area contributed by atoms with Gasteiger partial charge in [-0.25, -0.2) is 4.79 Å². The molecule has 4 heteroatoms. The van der Waals surface area contributed by atoms with E-state index in [4.69, 9.17) is 4.74 Å². The molecule has 0 unspecified atom stereocenters. The third kappa shape index (κ3) is 4.56. The van der Waals surface area contributed by atoms with Crippen LogP contribution in [-0.4, -0.2) is 23.8 Å². The Morgan fingerprint density at radius 1 is 1.26 bits per heavy atom. The Hall–Kier alpha value is -1.55. The summed E-state index contributed by atoms with van der Waals surface area (Å²) in [6.45, 7) is 0.773. The lowest BCUT2D eigenvalue weighted by Crippen LogP contribution is -2.36. The average Bonchev–Trinajstić information content (AvgIpc) is 2.45. The zero-order valence-electron chi connectivity index (χ0n) is 11.0. The molecule has 1 fully saturated rings. The maximum absolute atomic E-state index is 11.6. The topological polar surface area (TPSA) is 58.6 Å². The molecule has 19 heavy (non-hydrogen) atoms. The SMILES string of the molecule is O=C(NC[C@@H]1CCCC[C@@H]1O)OCc1ccccc1. The highest BCUT2D eigenvalue weighted by atomic mass is 16.5. The van der Waals surface area contributed by atoms with Crippen LogP contribution in [0.15, 0.2) is 30.3 Å². The predicted octanol–water partition coefficient (Wildman–Crippen LogP) is 2.46. The summed E-state index contributed by atoms with van der Waals surface area (Å²) in [5, 5.41) is 12.5. The Balaban J connectivity index is 1.67. The highest BCUT2D eigenvalue weighted by Gasteiger charge is 2.23. The first-order chi connectivity index (χ1) is 9.25. The van der Waals surface area contributed by atoms with Crippen LogP contribution in [0.2, 0.25) is 0 Å². The third-order valence-electron chi connectivity index (χ3n) is 3.59. The van der Waals surface area contributed by atoms with E-state index in [1.807, 2.05) is 30.3 Å². The molecule has 0 heterocycles. The van der Waals surface area contributed by atoms with Crippen molar-refractivity contribution in [3.8, 4) is 0 Å². The molecule has 0 aromatic heterocycles. The van der Waals surface area contributed by atoms with E-state index in [9.17, 15) is 9.90 Å². The summed E-state index contributed by atoms with van der Waals surface area (Å²) in [6, 6.07) is 9.58. The second kappa shape index (κ2) is 7.14. The maximum atomic E-state index is 11.6.